The van der Waals surface area contributed by atoms with Gasteiger partial charge in [-0.2, -0.15) is 0 Å². The molecule has 0 saturated carbocycles. The highest BCUT2D eigenvalue weighted by atomic mass is 16.2. The van der Waals surface area contributed by atoms with Crippen LogP contribution < -0.4 is 5.32 Å². The molecule has 0 spiro atoms. The van der Waals surface area contributed by atoms with Gasteiger partial charge in [0.2, 0.25) is 0 Å². The van der Waals surface area contributed by atoms with E-state index in [1.54, 1.807) is 23.1 Å². The Hall–Kier alpha value is -3.47. The second kappa shape index (κ2) is 8.05. The Balaban J connectivity index is 1.46. The molecule has 2 heterocycles. The number of nitrogens with one attached hydrogen (secondary N) is 1. The molecule has 0 bridgehead atoms. The Morgan fingerprint density at radius 3 is 2.11 bits per heavy atom. The van der Waals surface area contributed by atoms with Gasteiger partial charge in [-0.25, -0.2) is 4.98 Å². The van der Waals surface area contributed by atoms with Crippen molar-refractivity contribution in [2.75, 3.05) is 18.4 Å². The van der Waals surface area contributed by atoms with Crippen LogP contribution in [0.3, 0.4) is 0 Å². The van der Waals surface area contributed by atoms with Gasteiger partial charge in [-0.1, -0.05) is 48.5 Å². The van der Waals surface area contributed by atoms with E-state index in [-0.39, 0.29) is 17.5 Å². The molecule has 1 saturated heterocycles. The lowest BCUT2D eigenvalue weighted by Gasteiger charge is -2.14. The van der Waals surface area contributed by atoms with Crippen LogP contribution in [0, 0.1) is 0 Å². The zero-order valence-electron chi connectivity index (χ0n) is 15.5. The van der Waals surface area contributed by atoms with Crippen LogP contribution >= 0.6 is 0 Å². The molecule has 2 amide bonds. The molecule has 1 fully saturated rings. The summed E-state index contributed by atoms with van der Waals surface area (Å²) in [5, 5.41) is 2.85. The van der Waals surface area contributed by atoms with Gasteiger partial charge in [-0.05, 0) is 48.2 Å². The van der Waals surface area contributed by atoms with Gasteiger partial charge in [0.25, 0.3) is 11.8 Å². The molecule has 1 N–H and O–H groups in total. The van der Waals surface area contributed by atoms with E-state index < -0.39 is 0 Å². The maximum atomic E-state index is 12.6. The van der Waals surface area contributed by atoms with Crippen LogP contribution in [0.2, 0.25) is 0 Å². The number of aromatic nitrogens is 1. The Morgan fingerprint density at radius 1 is 0.750 bits per heavy atom. The van der Waals surface area contributed by atoms with Crippen LogP contribution in [0.25, 0.3) is 11.1 Å². The van der Waals surface area contributed by atoms with Gasteiger partial charge < -0.3 is 10.2 Å². The molecule has 0 unspecified atom stereocenters. The fourth-order valence-electron chi connectivity index (χ4n) is 3.33. The number of hydrogen-bond acceptors (Lipinski definition) is 3. The number of pyridine rings is 1. The molecule has 0 radical (unpaired) electrons. The third-order valence-electron chi connectivity index (χ3n) is 4.84. The third-order valence-corrected chi connectivity index (χ3v) is 4.84. The SMILES string of the molecule is O=C(Nc1ccc(-c2ccccc2)cc1)c1cccc(C(=O)N2CCCC2)n1. The van der Waals surface area contributed by atoms with Gasteiger partial charge >= 0.3 is 0 Å². The predicted molar refractivity (Wildman–Crippen MR) is 109 cm³/mol. The van der Waals surface area contributed by atoms with Crippen molar-refractivity contribution in [3.8, 4) is 11.1 Å². The van der Waals surface area contributed by atoms with Gasteiger partial charge in [0, 0.05) is 18.8 Å². The van der Waals surface area contributed by atoms with Crippen LogP contribution in [0.15, 0.2) is 72.8 Å². The van der Waals surface area contributed by atoms with Crippen molar-refractivity contribution in [3.05, 3.63) is 84.2 Å². The summed E-state index contributed by atoms with van der Waals surface area (Å²) in [5.41, 5.74) is 3.43. The number of carbonyl (C=O) groups excluding carboxylic acids is 2. The Labute approximate surface area is 164 Å². The van der Waals surface area contributed by atoms with Crippen LogP contribution in [0.5, 0.6) is 0 Å². The minimum Gasteiger partial charge on any atom is -0.337 e. The molecule has 1 aliphatic heterocycles. The van der Waals surface area contributed by atoms with E-state index in [1.807, 2.05) is 54.6 Å². The van der Waals surface area contributed by atoms with Crippen LogP contribution in [-0.4, -0.2) is 34.8 Å². The molecule has 28 heavy (non-hydrogen) atoms. The Bertz CT molecular complexity index is 978. The largest absolute Gasteiger partial charge is 0.337 e. The first-order chi connectivity index (χ1) is 13.7. The molecule has 0 atom stereocenters. The monoisotopic (exact) mass is 371 g/mol. The normalized spacial score (nSPS) is 13.4. The fraction of sp³-hybridized carbons (Fsp3) is 0.174. The summed E-state index contributed by atoms with van der Waals surface area (Å²) < 4.78 is 0. The van der Waals surface area contributed by atoms with E-state index in [2.05, 4.69) is 10.3 Å². The summed E-state index contributed by atoms with van der Waals surface area (Å²) in [6, 6.07) is 22.7. The molecule has 140 valence electrons. The minimum atomic E-state index is -0.330. The number of benzene rings is 2. The second-order valence-electron chi connectivity index (χ2n) is 6.80. The van der Waals surface area contributed by atoms with E-state index in [4.69, 9.17) is 0 Å². The first-order valence-electron chi connectivity index (χ1n) is 9.44. The van der Waals surface area contributed by atoms with Crippen LogP contribution in [0.4, 0.5) is 5.69 Å². The number of anilines is 1. The van der Waals surface area contributed by atoms with Crippen molar-refractivity contribution < 1.29 is 9.59 Å². The highest BCUT2D eigenvalue weighted by Gasteiger charge is 2.21. The van der Waals surface area contributed by atoms with E-state index in [9.17, 15) is 9.59 Å². The van der Waals surface area contributed by atoms with Gasteiger partial charge in [0.15, 0.2) is 0 Å². The maximum Gasteiger partial charge on any atom is 0.274 e. The standard InChI is InChI=1S/C23H21N3O2/c27-22(20-9-6-10-21(25-20)23(28)26-15-4-5-16-26)24-19-13-11-18(12-14-19)17-7-2-1-3-8-17/h1-3,6-14H,4-5,15-16H2,(H,24,27). The zero-order valence-corrected chi connectivity index (χ0v) is 15.5. The van der Waals surface area contributed by atoms with Gasteiger partial charge in [-0.15, -0.1) is 0 Å². The van der Waals surface area contributed by atoms with Gasteiger partial charge in [0.05, 0.1) is 0 Å². The second-order valence-corrected chi connectivity index (χ2v) is 6.80. The summed E-state index contributed by atoms with van der Waals surface area (Å²) >= 11 is 0. The average Bonchev–Trinajstić information content (AvgIpc) is 3.29. The van der Waals surface area contributed by atoms with Crippen LogP contribution in [-0.2, 0) is 0 Å². The first kappa shape index (κ1) is 17.9. The third kappa shape index (κ3) is 3.93. The topological polar surface area (TPSA) is 62.3 Å². The van der Waals surface area contributed by atoms with E-state index in [0.717, 1.165) is 37.1 Å². The Morgan fingerprint density at radius 2 is 1.39 bits per heavy atom. The molecule has 0 aliphatic carbocycles. The predicted octanol–water partition coefficient (Wildman–Crippen LogP) is 4.24. The van der Waals surface area contributed by atoms with E-state index in [1.165, 1.54) is 0 Å². The molecule has 2 aromatic carbocycles. The first-order valence-corrected chi connectivity index (χ1v) is 9.44. The molecule has 5 heteroatoms. The summed E-state index contributed by atoms with van der Waals surface area (Å²) in [6.45, 7) is 1.51. The van der Waals surface area contributed by atoms with E-state index in [0.29, 0.717) is 11.4 Å². The number of rotatable bonds is 4. The van der Waals surface area contributed by atoms with Crippen molar-refractivity contribution in [1.29, 1.82) is 0 Å². The van der Waals surface area contributed by atoms with Crippen molar-refractivity contribution in [2.45, 2.75) is 12.8 Å². The quantitative estimate of drug-likeness (QED) is 0.746. The van der Waals surface area contributed by atoms with E-state index >= 15 is 0 Å². The number of carbonyl (C=O) groups is 2. The minimum absolute atomic E-state index is 0.112. The van der Waals surface area contributed by atoms with Crippen molar-refractivity contribution in [1.82, 2.24) is 9.88 Å². The number of nitrogens with zero attached hydrogens (tertiary/aromatic N) is 2. The number of likely N-dealkylation sites (tertiary alicyclic amines) is 1. The summed E-state index contributed by atoms with van der Waals surface area (Å²) in [4.78, 5) is 31.1. The number of amides is 2. The molecule has 1 aromatic heterocycles. The summed E-state index contributed by atoms with van der Waals surface area (Å²) in [5.74, 6) is -0.442. The summed E-state index contributed by atoms with van der Waals surface area (Å²) in [7, 11) is 0. The van der Waals surface area contributed by atoms with Crippen LogP contribution in [0.1, 0.15) is 33.8 Å². The molecule has 3 aromatic rings. The molecule has 5 nitrogen and oxygen atoms in total. The van der Waals surface area contributed by atoms with Gasteiger partial charge in [0.1, 0.15) is 11.4 Å². The molecule has 4 rings (SSSR count). The smallest absolute Gasteiger partial charge is 0.274 e. The van der Waals surface area contributed by atoms with Gasteiger partial charge in [-0.3, -0.25) is 9.59 Å². The lowest BCUT2D eigenvalue weighted by molar-refractivity contribution is 0.0787. The highest BCUT2D eigenvalue weighted by Crippen LogP contribution is 2.21. The molecular formula is C23H21N3O2. The van der Waals surface area contributed by atoms with Crippen molar-refractivity contribution in [3.63, 3.8) is 0 Å². The highest BCUT2D eigenvalue weighted by molar-refractivity contribution is 6.04. The maximum absolute atomic E-state index is 12.6. The molecular weight excluding hydrogens is 350 g/mol. The lowest BCUT2D eigenvalue weighted by Crippen LogP contribution is -2.29. The zero-order chi connectivity index (χ0) is 19.3. The van der Waals surface area contributed by atoms with Crippen molar-refractivity contribution >= 4 is 17.5 Å². The lowest BCUT2D eigenvalue weighted by atomic mass is 10.1. The molecule has 1 aliphatic rings. The fourth-order valence-corrected chi connectivity index (χ4v) is 3.33. The van der Waals surface area contributed by atoms with Crippen molar-refractivity contribution in [2.24, 2.45) is 0 Å². The summed E-state index contributed by atoms with van der Waals surface area (Å²) in [6.07, 6.45) is 2.04. The number of hydrogen-bond donors (Lipinski definition) is 1. The Kier molecular flexibility index (Phi) is 5.15. The average molecular weight is 371 g/mol.